The molecule has 2 N–H and O–H groups in total. The van der Waals surface area contributed by atoms with E-state index in [0.717, 1.165) is 34.5 Å². The van der Waals surface area contributed by atoms with E-state index in [1.54, 1.807) is 7.05 Å². The first-order valence-electron chi connectivity index (χ1n) is 7.84. The number of benzene rings is 2. The van der Waals surface area contributed by atoms with Crippen molar-refractivity contribution in [2.45, 2.75) is 33.8 Å². The van der Waals surface area contributed by atoms with Gasteiger partial charge in [-0.15, -0.1) is 0 Å². The van der Waals surface area contributed by atoms with Gasteiger partial charge in [0, 0.05) is 12.6 Å². The minimum Gasteiger partial charge on any atom is -0.489 e. The number of rotatable bonds is 5. The van der Waals surface area contributed by atoms with E-state index in [1.807, 2.05) is 31.2 Å². The first-order valence-corrected chi connectivity index (χ1v) is 7.84. The van der Waals surface area contributed by atoms with Crippen molar-refractivity contribution in [1.29, 1.82) is 0 Å². The Morgan fingerprint density at radius 1 is 1.13 bits per heavy atom. The number of para-hydroxylation sites is 1. The molecule has 0 saturated carbocycles. The standard InChI is InChI=1S/C19H24N2O2/c1-5-15-9-10-17(14(3)11-15)23-12-16-8-6-7-13(2)18(16)21-19(22)20-4/h6-11H,5,12H2,1-4H3,(H2,20,21,22). The monoisotopic (exact) mass is 312 g/mol. The van der Waals surface area contributed by atoms with Crippen LogP contribution in [-0.2, 0) is 13.0 Å². The van der Waals surface area contributed by atoms with Gasteiger partial charge in [0.2, 0.25) is 0 Å². The Balaban J connectivity index is 2.17. The number of amides is 2. The molecule has 4 nitrogen and oxygen atoms in total. The van der Waals surface area contributed by atoms with Gasteiger partial charge in [-0.3, -0.25) is 0 Å². The molecule has 0 spiro atoms. The molecule has 0 saturated heterocycles. The lowest BCUT2D eigenvalue weighted by Crippen LogP contribution is -2.25. The number of ether oxygens (including phenoxy) is 1. The van der Waals surface area contributed by atoms with Crippen LogP contribution in [0.2, 0.25) is 0 Å². The molecule has 0 aliphatic carbocycles. The van der Waals surface area contributed by atoms with E-state index in [1.165, 1.54) is 5.56 Å². The molecular formula is C19H24N2O2. The summed E-state index contributed by atoms with van der Waals surface area (Å²) in [7, 11) is 1.60. The predicted octanol–water partition coefficient (Wildman–Crippen LogP) is 4.20. The minimum absolute atomic E-state index is 0.232. The van der Waals surface area contributed by atoms with Crippen molar-refractivity contribution in [3.63, 3.8) is 0 Å². The minimum atomic E-state index is -0.232. The predicted molar refractivity (Wildman–Crippen MR) is 94.1 cm³/mol. The maximum absolute atomic E-state index is 11.6. The second-order valence-electron chi connectivity index (χ2n) is 5.56. The van der Waals surface area contributed by atoms with Crippen molar-refractivity contribution < 1.29 is 9.53 Å². The van der Waals surface area contributed by atoms with Gasteiger partial charge in [-0.05, 0) is 43.0 Å². The SMILES string of the molecule is CCc1ccc(OCc2cccc(C)c2NC(=O)NC)c(C)c1. The molecule has 2 aromatic carbocycles. The van der Waals surface area contributed by atoms with Gasteiger partial charge in [0.25, 0.3) is 0 Å². The van der Waals surface area contributed by atoms with Crippen LogP contribution < -0.4 is 15.4 Å². The van der Waals surface area contributed by atoms with Crippen molar-refractivity contribution in [3.8, 4) is 5.75 Å². The third-order valence-corrected chi connectivity index (χ3v) is 3.86. The largest absolute Gasteiger partial charge is 0.489 e. The number of nitrogens with one attached hydrogen (secondary N) is 2. The van der Waals surface area contributed by atoms with Gasteiger partial charge >= 0.3 is 6.03 Å². The smallest absolute Gasteiger partial charge is 0.318 e. The highest BCUT2D eigenvalue weighted by Gasteiger charge is 2.10. The fourth-order valence-electron chi connectivity index (χ4n) is 2.45. The van der Waals surface area contributed by atoms with Crippen LogP contribution in [-0.4, -0.2) is 13.1 Å². The van der Waals surface area contributed by atoms with Crippen molar-refractivity contribution >= 4 is 11.7 Å². The second-order valence-corrected chi connectivity index (χ2v) is 5.56. The lowest BCUT2D eigenvalue weighted by Gasteiger charge is -2.15. The molecule has 0 fully saturated rings. The van der Waals surface area contributed by atoms with Gasteiger partial charge in [0.05, 0.1) is 5.69 Å². The number of anilines is 1. The topological polar surface area (TPSA) is 50.4 Å². The fourth-order valence-corrected chi connectivity index (χ4v) is 2.45. The van der Waals surface area contributed by atoms with Gasteiger partial charge in [-0.1, -0.05) is 37.3 Å². The highest BCUT2D eigenvalue weighted by molar-refractivity contribution is 5.90. The Morgan fingerprint density at radius 2 is 1.91 bits per heavy atom. The second kappa shape index (κ2) is 7.68. The number of urea groups is 1. The maximum Gasteiger partial charge on any atom is 0.318 e. The Labute approximate surface area is 137 Å². The third-order valence-electron chi connectivity index (χ3n) is 3.86. The molecule has 0 aliphatic heterocycles. The first-order chi connectivity index (χ1) is 11.0. The number of hydrogen-bond donors (Lipinski definition) is 2. The van der Waals surface area contributed by atoms with E-state index in [2.05, 4.69) is 36.6 Å². The van der Waals surface area contributed by atoms with Gasteiger partial charge in [-0.2, -0.15) is 0 Å². The molecule has 0 radical (unpaired) electrons. The number of hydrogen-bond acceptors (Lipinski definition) is 2. The van der Waals surface area contributed by atoms with Crippen LogP contribution in [0.1, 0.15) is 29.2 Å². The average Bonchev–Trinajstić information content (AvgIpc) is 2.56. The zero-order valence-corrected chi connectivity index (χ0v) is 14.2. The average molecular weight is 312 g/mol. The summed E-state index contributed by atoms with van der Waals surface area (Å²) in [6.45, 7) is 6.57. The quantitative estimate of drug-likeness (QED) is 0.869. The lowest BCUT2D eigenvalue weighted by molar-refractivity contribution is 0.254. The Hall–Kier alpha value is -2.49. The van der Waals surface area contributed by atoms with Crippen LogP contribution in [0, 0.1) is 13.8 Å². The first kappa shape index (κ1) is 16.9. The molecule has 2 aromatic rings. The zero-order chi connectivity index (χ0) is 16.8. The van der Waals surface area contributed by atoms with Crippen molar-refractivity contribution in [1.82, 2.24) is 5.32 Å². The van der Waals surface area contributed by atoms with Crippen molar-refractivity contribution in [2.75, 3.05) is 12.4 Å². The summed E-state index contributed by atoms with van der Waals surface area (Å²) in [6.07, 6.45) is 1.01. The number of carbonyl (C=O) groups is 1. The maximum atomic E-state index is 11.6. The van der Waals surface area contributed by atoms with Crippen LogP contribution in [0.4, 0.5) is 10.5 Å². The normalized spacial score (nSPS) is 10.3. The van der Waals surface area contributed by atoms with Crippen LogP contribution in [0.3, 0.4) is 0 Å². The molecule has 0 heterocycles. The highest BCUT2D eigenvalue weighted by Crippen LogP contribution is 2.25. The summed E-state index contributed by atoms with van der Waals surface area (Å²) in [5.41, 5.74) is 5.18. The van der Waals surface area contributed by atoms with Gasteiger partial charge in [0.1, 0.15) is 12.4 Å². The summed E-state index contributed by atoms with van der Waals surface area (Å²) < 4.78 is 5.96. The molecule has 122 valence electrons. The highest BCUT2D eigenvalue weighted by atomic mass is 16.5. The molecule has 2 rings (SSSR count). The molecule has 0 unspecified atom stereocenters. The summed E-state index contributed by atoms with van der Waals surface area (Å²) >= 11 is 0. The summed E-state index contributed by atoms with van der Waals surface area (Å²) in [6, 6.07) is 11.9. The fraction of sp³-hybridized carbons (Fsp3) is 0.316. The zero-order valence-electron chi connectivity index (χ0n) is 14.2. The Kier molecular flexibility index (Phi) is 5.63. The number of aryl methyl sites for hydroxylation is 3. The molecular weight excluding hydrogens is 288 g/mol. The number of carbonyl (C=O) groups excluding carboxylic acids is 1. The van der Waals surface area contributed by atoms with E-state index < -0.39 is 0 Å². The van der Waals surface area contributed by atoms with E-state index >= 15 is 0 Å². The van der Waals surface area contributed by atoms with Gasteiger partial charge in [-0.25, -0.2) is 4.79 Å². The van der Waals surface area contributed by atoms with Crippen molar-refractivity contribution in [3.05, 3.63) is 58.7 Å². The molecule has 2 amide bonds. The molecule has 0 bridgehead atoms. The summed E-state index contributed by atoms with van der Waals surface area (Å²) in [4.78, 5) is 11.6. The molecule has 4 heteroatoms. The van der Waals surface area contributed by atoms with E-state index in [0.29, 0.717) is 6.61 Å². The van der Waals surface area contributed by atoms with Gasteiger partial charge < -0.3 is 15.4 Å². The van der Waals surface area contributed by atoms with Crippen LogP contribution >= 0.6 is 0 Å². The van der Waals surface area contributed by atoms with E-state index in [4.69, 9.17) is 4.74 Å². The summed E-state index contributed by atoms with van der Waals surface area (Å²) in [5, 5.41) is 5.44. The van der Waals surface area contributed by atoms with Crippen LogP contribution in [0.15, 0.2) is 36.4 Å². The summed E-state index contributed by atoms with van der Waals surface area (Å²) in [5.74, 6) is 0.870. The molecule has 0 aliphatic rings. The molecule has 0 aromatic heterocycles. The van der Waals surface area contributed by atoms with Crippen molar-refractivity contribution in [2.24, 2.45) is 0 Å². The molecule has 0 atom stereocenters. The lowest BCUT2D eigenvalue weighted by atomic mass is 10.1. The Morgan fingerprint density at radius 3 is 2.57 bits per heavy atom. The van der Waals surface area contributed by atoms with Gasteiger partial charge in [0.15, 0.2) is 0 Å². The van der Waals surface area contributed by atoms with Crippen LogP contribution in [0.25, 0.3) is 0 Å². The Bertz CT molecular complexity index is 696. The van der Waals surface area contributed by atoms with Crippen LogP contribution in [0.5, 0.6) is 5.75 Å². The molecule has 23 heavy (non-hydrogen) atoms. The van der Waals surface area contributed by atoms with E-state index in [9.17, 15) is 4.79 Å². The third kappa shape index (κ3) is 4.25. The van der Waals surface area contributed by atoms with E-state index in [-0.39, 0.29) is 6.03 Å².